The third-order valence-electron chi connectivity index (χ3n) is 5.33. The van der Waals surface area contributed by atoms with E-state index in [1.165, 1.54) is 37.1 Å². The van der Waals surface area contributed by atoms with Gasteiger partial charge in [0.25, 0.3) is 0 Å². The Morgan fingerprint density at radius 3 is 2.53 bits per heavy atom. The van der Waals surface area contributed by atoms with E-state index in [2.05, 4.69) is 20.4 Å². The Kier molecular flexibility index (Phi) is 7.49. The molecular weight excluding hydrogens is 432 g/mol. The van der Waals surface area contributed by atoms with Crippen LogP contribution < -0.4 is 5.32 Å². The lowest BCUT2D eigenvalue weighted by molar-refractivity contribution is -0.113. The van der Waals surface area contributed by atoms with Gasteiger partial charge in [0.05, 0.1) is 24.5 Å². The standard InChI is InChI=1S/C23H25F2N5OS/c24-18-9-10-20(19(25)13-18)26-22(31)16-32-23-28-27-21(15-29-11-5-2-6-12-29)30(23)14-17-7-3-1-4-8-17/h1,3-4,7-10,13H,2,5-6,11-12,14-16H2,(H,26,31). The molecule has 0 aliphatic carbocycles. The van der Waals surface area contributed by atoms with Crippen molar-refractivity contribution in [3.8, 4) is 0 Å². The molecule has 0 spiro atoms. The molecular formula is C23H25F2N5OS. The zero-order valence-corrected chi connectivity index (χ0v) is 18.5. The maximum atomic E-state index is 13.8. The molecule has 1 aromatic heterocycles. The van der Waals surface area contributed by atoms with Crippen molar-refractivity contribution in [2.75, 3.05) is 24.2 Å². The molecule has 4 rings (SSSR count). The van der Waals surface area contributed by atoms with Crippen LogP contribution >= 0.6 is 11.8 Å². The predicted octanol–water partition coefficient (Wildman–Crippen LogP) is 4.32. The summed E-state index contributed by atoms with van der Waals surface area (Å²) in [7, 11) is 0. The summed E-state index contributed by atoms with van der Waals surface area (Å²) in [5, 5.41) is 11.9. The highest BCUT2D eigenvalue weighted by Crippen LogP contribution is 2.22. The van der Waals surface area contributed by atoms with Crippen molar-refractivity contribution in [2.45, 2.75) is 37.5 Å². The Bertz CT molecular complexity index is 1050. The van der Waals surface area contributed by atoms with Gasteiger partial charge in [-0.2, -0.15) is 0 Å². The molecule has 168 valence electrons. The fourth-order valence-electron chi connectivity index (χ4n) is 3.69. The summed E-state index contributed by atoms with van der Waals surface area (Å²) in [6, 6.07) is 13.1. The Morgan fingerprint density at radius 1 is 1.00 bits per heavy atom. The van der Waals surface area contributed by atoms with E-state index in [9.17, 15) is 13.6 Å². The molecule has 9 heteroatoms. The molecule has 3 aromatic rings. The van der Waals surface area contributed by atoms with Crippen molar-refractivity contribution in [1.82, 2.24) is 19.7 Å². The molecule has 1 fully saturated rings. The fraction of sp³-hybridized carbons (Fsp3) is 0.348. The van der Waals surface area contributed by atoms with Crippen molar-refractivity contribution in [3.05, 3.63) is 71.6 Å². The summed E-state index contributed by atoms with van der Waals surface area (Å²) in [5.41, 5.74) is 1.07. The lowest BCUT2D eigenvalue weighted by Crippen LogP contribution is -2.30. The molecule has 6 nitrogen and oxygen atoms in total. The van der Waals surface area contributed by atoms with E-state index in [1.54, 1.807) is 0 Å². The number of anilines is 1. The Hall–Kier alpha value is -2.78. The van der Waals surface area contributed by atoms with Gasteiger partial charge in [0, 0.05) is 6.07 Å². The van der Waals surface area contributed by atoms with Crippen LogP contribution in [0, 0.1) is 11.6 Å². The zero-order chi connectivity index (χ0) is 22.3. The van der Waals surface area contributed by atoms with Gasteiger partial charge in [0.1, 0.15) is 17.5 Å². The second kappa shape index (κ2) is 10.7. The van der Waals surface area contributed by atoms with Gasteiger partial charge in [-0.3, -0.25) is 9.69 Å². The molecule has 1 aliphatic rings. The number of carbonyl (C=O) groups is 1. The first-order chi connectivity index (χ1) is 15.6. The first-order valence-electron chi connectivity index (χ1n) is 10.6. The van der Waals surface area contributed by atoms with E-state index >= 15 is 0 Å². The smallest absolute Gasteiger partial charge is 0.234 e. The number of nitrogens with zero attached hydrogens (tertiary/aromatic N) is 4. The summed E-state index contributed by atoms with van der Waals surface area (Å²) < 4.78 is 28.9. The predicted molar refractivity (Wildman–Crippen MR) is 120 cm³/mol. The summed E-state index contributed by atoms with van der Waals surface area (Å²) in [6.07, 6.45) is 3.64. The molecule has 0 unspecified atom stereocenters. The number of rotatable bonds is 8. The molecule has 0 saturated carbocycles. The summed E-state index contributed by atoms with van der Waals surface area (Å²) in [6.45, 7) is 3.42. The van der Waals surface area contributed by atoms with Gasteiger partial charge in [-0.15, -0.1) is 10.2 Å². The highest BCUT2D eigenvalue weighted by Gasteiger charge is 2.19. The minimum atomic E-state index is -0.806. The highest BCUT2D eigenvalue weighted by atomic mass is 32.2. The van der Waals surface area contributed by atoms with Crippen molar-refractivity contribution >= 4 is 23.4 Å². The molecule has 1 aliphatic heterocycles. The average molecular weight is 458 g/mol. The van der Waals surface area contributed by atoms with Gasteiger partial charge in [-0.05, 0) is 43.6 Å². The number of amides is 1. The number of nitrogens with one attached hydrogen (secondary N) is 1. The quantitative estimate of drug-likeness (QED) is 0.511. The van der Waals surface area contributed by atoms with Crippen molar-refractivity contribution in [3.63, 3.8) is 0 Å². The van der Waals surface area contributed by atoms with Gasteiger partial charge in [-0.25, -0.2) is 8.78 Å². The van der Waals surface area contributed by atoms with E-state index in [0.717, 1.165) is 36.6 Å². The summed E-state index contributed by atoms with van der Waals surface area (Å²) in [5.74, 6) is -0.992. The van der Waals surface area contributed by atoms with Crippen LogP contribution in [0.25, 0.3) is 0 Å². The average Bonchev–Trinajstić information content (AvgIpc) is 3.16. The summed E-state index contributed by atoms with van der Waals surface area (Å²) >= 11 is 1.25. The molecule has 32 heavy (non-hydrogen) atoms. The second-order valence-electron chi connectivity index (χ2n) is 7.77. The second-order valence-corrected chi connectivity index (χ2v) is 8.71. The van der Waals surface area contributed by atoms with Gasteiger partial charge >= 0.3 is 0 Å². The number of halogens is 2. The highest BCUT2D eigenvalue weighted by molar-refractivity contribution is 7.99. The number of hydrogen-bond donors (Lipinski definition) is 1. The van der Waals surface area contributed by atoms with Gasteiger partial charge in [-0.1, -0.05) is 48.5 Å². The van der Waals surface area contributed by atoms with Crippen LogP contribution in [0.3, 0.4) is 0 Å². The topological polar surface area (TPSA) is 63.1 Å². The van der Waals surface area contributed by atoms with Crippen LogP contribution in [0.15, 0.2) is 53.7 Å². The monoisotopic (exact) mass is 457 g/mol. The van der Waals surface area contributed by atoms with Gasteiger partial charge in [0.2, 0.25) is 5.91 Å². The minimum absolute atomic E-state index is 0.0352. The number of likely N-dealkylation sites (tertiary alicyclic amines) is 1. The Labute approximate surface area is 190 Å². The molecule has 0 bridgehead atoms. The summed E-state index contributed by atoms with van der Waals surface area (Å²) in [4.78, 5) is 14.7. The number of hydrogen-bond acceptors (Lipinski definition) is 5. The lowest BCUT2D eigenvalue weighted by atomic mass is 10.1. The third kappa shape index (κ3) is 5.92. The molecule has 2 heterocycles. The number of benzene rings is 2. The minimum Gasteiger partial charge on any atom is -0.323 e. The van der Waals surface area contributed by atoms with Crippen LogP contribution in [-0.2, 0) is 17.9 Å². The molecule has 0 atom stereocenters. The third-order valence-corrected chi connectivity index (χ3v) is 6.30. The van der Waals surface area contributed by atoms with E-state index < -0.39 is 17.5 Å². The maximum absolute atomic E-state index is 13.8. The number of piperidine rings is 1. The van der Waals surface area contributed by atoms with E-state index in [-0.39, 0.29) is 11.4 Å². The van der Waals surface area contributed by atoms with Crippen LogP contribution in [-0.4, -0.2) is 44.4 Å². The maximum Gasteiger partial charge on any atom is 0.234 e. The largest absolute Gasteiger partial charge is 0.323 e. The number of carbonyl (C=O) groups excluding carboxylic acids is 1. The van der Waals surface area contributed by atoms with Crippen molar-refractivity contribution < 1.29 is 13.6 Å². The van der Waals surface area contributed by atoms with Gasteiger partial charge in [0.15, 0.2) is 5.16 Å². The Balaban J connectivity index is 1.46. The zero-order valence-electron chi connectivity index (χ0n) is 17.6. The van der Waals surface area contributed by atoms with Crippen molar-refractivity contribution in [2.24, 2.45) is 0 Å². The molecule has 1 N–H and O–H groups in total. The normalized spacial score (nSPS) is 14.4. The van der Waals surface area contributed by atoms with Gasteiger partial charge < -0.3 is 9.88 Å². The number of aromatic nitrogens is 3. The molecule has 1 amide bonds. The van der Waals surface area contributed by atoms with E-state index in [4.69, 9.17) is 0 Å². The van der Waals surface area contributed by atoms with Crippen molar-refractivity contribution in [1.29, 1.82) is 0 Å². The van der Waals surface area contributed by atoms with Crippen LogP contribution in [0.4, 0.5) is 14.5 Å². The molecule has 2 aromatic carbocycles. The van der Waals surface area contributed by atoms with E-state index in [0.29, 0.717) is 18.2 Å². The lowest BCUT2D eigenvalue weighted by Gasteiger charge is -2.26. The first kappa shape index (κ1) is 22.4. The van der Waals surface area contributed by atoms with Crippen LogP contribution in [0.5, 0.6) is 0 Å². The van der Waals surface area contributed by atoms with Crippen LogP contribution in [0.2, 0.25) is 0 Å². The SMILES string of the molecule is O=C(CSc1nnc(CN2CCCCC2)n1Cc1ccccc1)Nc1ccc(F)cc1F. The molecule has 0 radical (unpaired) electrons. The molecule has 1 saturated heterocycles. The Morgan fingerprint density at radius 2 is 1.78 bits per heavy atom. The number of thioether (sulfide) groups is 1. The first-order valence-corrected chi connectivity index (χ1v) is 11.6. The van der Waals surface area contributed by atoms with E-state index in [1.807, 2.05) is 34.9 Å². The van der Waals surface area contributed by atoms with Crippen LogP contribution in [0.1, 0.15) is 30.7 Å². The fourth-order valence-corrected chi connectivity index (χ4v) is 4.45.